The van der Waals surface area contributed by atoms with E-state index >= 15 is 0 Å². The van der Waals surface area contributed by atoms with Crippen molar-refractivity contribution in [3.8, 4) is 0 Å². The van der Waals surface area contributed by atoms with Crippen molar-refractivity contribution in [2.75, 3.05) is 13.1 Å². The molecule has 0 fully saturated rings. The number of hydrogen-bond donors (Lipinski definition) is 1. The van der Waals surface area contributed by atoms with Crippen molar-refractivity contribution in [3.05, 3.63) is 36.0 Å². The van der Waals surface area contributed by atoms with Crippen LogP contribution in [-0.2, 0) is 6.54 Å². The van der Waals surface area contributed by atoms with Gasteiger partial charge in [0.15, 0.2) is 0 Å². The molecule has 2 heteroatoms. The van der Waals surface area contributed by atoms with Gasteiger partial charge >= 0.3 is 0 Å². The number of rotatable bonds is 5. The summed E-state index contributed by atoms with van der Waals surface area (Å²) in [6.45, 7) is 7.76. The molecule has 0 atom stereocenters. The van der Waals surface area contributed by atoms with Crippen molar-refractivity contribution < 1.29 is 0 Å². The second-order valence-corrected chi connectivity index (χ2v) is 4.25. The van der Waals surface area contributed by atoms with E-state index in [9.17, 15) is 0 Å². The molecule has 2 nitrogen and oxygen atoms in total. The maximum atomic E-state index is 3.48. The molecular formula is C14H20N2. The van der Waals surface area contributed by atoms with Crippen LogP contribution in [0.2, 0.25) is 0 Å². The minimum atomic E-state index is 1.03. The van der Waals surface area contributed by atoms with Crippen LogP contribution in [0.1, 0.15) is 26.0 Å². The molecule has 0 radical (unpaired) electrons. The van der Waals surface area contributed by atoms with E-state index in [4.69, 9.17) is 0 Å². The van der Waals surface area contributed by atoms with Crippen molar-refractivity contribution in [2.24, 2.45) is 0 Å². The average molecular weight is 216 g/mol. The van der Waals surface area contributed by atoms with Gasteiger partial charge in [-0.1, -0.05) is 32.0 Å². The summed E-state index contributed by atoms with van der Waals surface area (Å²) in [5.74, 6) is 0. The van der Waals surface area contributed by atoms with Crippen LogP contribution in [0.3, 0.4) is 0 Å². The summed E-state index contributed by atoms with van der Waals surface area (Å²) < 4.78 is 0. The van der Waals surface area contributed by atoms with Gasteiger partial charge in [0.05, 0.1) is 0 Å². The molecule has 0 bridgehead atoms. The Morgan fingerprint density at radius 2 is 2.00 bits per heavy atom. The Hall–Kier alpha value is -1.28. The normalized spacial score (nSPS) is 11.4. The lowest BCUT2D eigenvalue weighted by Crippen LogP contribution is -2.23. The van der Waals surface area contributed by atoms with E-state index in [2.05, 4.69) is 54.1 Å². The van der Waals surface area contributed by atoms with Crippen molar-refractivity contribution in [1.29, 1.82) is 0 Å². The van der Waals surface area contributed by atoms with Gasteiger partial charge in [-0.05, 0) is 37.0 Å². The first-order valence-electron chi connectivity index (χ1n) is 6.12. The number of H-pyrrole nitrogens is 1. The molecule has 86 valence electrons. The van der Waals surface area contributed by atoms with E-state index in [0.717, 1.165) is 13.1 Å². The van der Waals surface area contributed by atoms with Crippen molar-refractivity contribution in [3.63, 3.8) is 0 Å². The highest BCUT2D eigenvalue weighted by atomic mass is 15.1. The molecule has 0 amide bonds. The fourth-order valence-corrected chi connectivity index (χ4v) is 2.12. The lowest BCUT2D eigenvalue weighted by atomic mass is 10.2. The summed E-state index contributed by atoms with van der Waals surface area (Å²) in [7, 11) is 0. The Morgan fingerprint density at radius 1 is 1.19 bits per heavy atom. The number of fused-ring (bicyclic) bond motifs is 1. The predicted molar refractivity (Wildman–Crippen MR) is 69.5 cm³/mol. The van der Waals surface area contributed by atoms with Gasteiger partial charge in [-0.15, -0.1) is 0 Å². The number of aromatic amines is 1. The Balaban J connectivity index is 2.14. The van der Waals surface area contributed by atoms with E-state index in [0.29, 0.717) is 0 Å². The lowest BCUT2D eigenvalue weighted by molar-refractivity contribution is 0.278. The fraction of sp³-hybridized carbons (Fsp3) is 0.429. The smallest absolute Gasteiger partial charge is 0.0456 e. The molecule has 0 aliphatic heterocycles. The maximum Gasteiger partial charge on any atom is 0.0456 e. The minimum Gasteiger partial charge on any atom is -0.357 e. The second-order valence-electron chi connectivity index (χ2n) is 4.25. The van der Waals surface area contributed by atoms with Crippen molar-refractivity contribution in [1.82, 2.24) is 9.88 Å². The summed E-state index contributed by atoms with van der Waals surface area (Å²) in [6, 6.07) is 10.7. The number of hydrogen-bond acceptors (Lipinski definition) is 1. The number of benzene rings is 1. The summed E-state index contributed by atoms with van der Waals surface area (Å²) in [5.41, 5.74) is 2.56. The molecule has 1 heterocycles. The van der Waals surface area contributed by atoms with Gasteiger partial charge in [-0.3, -0.25) is 4.90 Å². The second kappa shape index (κ2) is 5.17. The quantitative estimate of drug-likeness (QED) is 0.811. The standard InChI is InChI=1S/C14H20N2/c1-3-9-16(4-2)11-13-10-12-7-5-6-8-14(12)15-13/h5-8,10,15H,3-4,9,11H2,1-2H3. The number of aromatic nitrogens is 1. The van der Waals surface area contributed by atoms with Gasteiger partial charge in [0, 0.05) is 17.8 Å². The Kier molecular flexibility index (Phi) is 3.62. The minimum absolute atomic E-state index is 1.03. The molecule has 1 N–H and O–H groups in total. The third kappa shape index (κ3) is 2.45. The number of para-hydroxylation sites is 1. The van der Waals surface area contributed by atoms with Crippen LogP contribution in [0.25, 0.3) is 10.9 Å². The van der Waals surface area contributed by atoms with Crippen LogP contribution in [0.5, 0.6) is 0 Å². The third-order valence-electron chi connectivity index (χ3n) is 2.97. The van der Waals surface area contributed by atoms with Gasteiger partial charge in [-0.2, -0.15) is 0 Å². The Morgan fingerprint density at radius 3 is 2.69 bits per heavy atom. The molecule has 2 rings (SSSR count). The van der Waals surface area contributed by atoms with Gasteiger partial charge in [-0.25, -0.2) is 0 Å². The molecule has 2 aromatic rings. The van der Waals surface area contributed by atoms with Gasteiger partial charge < -0.3 is 4.98 Å². The van der Waals surface area contributed by atoms with E-state index in [1.165, 1.54) is 29.6 Å². The van der Waals surface area contributed by atoms with E-state index < -0.39 is 0 Å². The van der Waals surface area contributed by atoms with Crippen LogP contribution >= 0.6 is 0 Å². The third-order valence-corrected chi connectivity index (χ3v) is 2.97. The molecule has 0 unspecified atom stereocenters. The molecule has 1 aromatic heterocycles. The monoisotopic (exact) mass is 216 g/mol. The van der Waals surface area contributed by atoms with E-state index in [1.807, 2.05) is 0 Å². The van der Waals surface area contributed by atoms with Crippen LogP contribution in [0.4, 0.5) is 0 Å². The van der Waals surface area contributed by atoms with E-state index in [-0.39, 0.29) is 0 Å². The summed E-state index contributed by atoms with van der Waals surface area (Å²) in [5, 5.41) is 1.31. The first-order chi connectivity index (χ1) is 7.83. The van der Waals surface area contributed by atoms with Gasteiger partial charge in [0.2, 0.25) is 0 Å². The molecule has 16 heavy (non-hydrogen) atoms. The van der Waals surface area contributed by atoms with E-state index in [1.54, 1.807) is 0 Å². The van der Waals surface area contributed by atoms with Crippen molar-refractivity contribution in [2.45, 2.75) is 26.8 Å². The number of nitrogens with one attached hydrogen (secondary N) is 1. The molecule has 0 spiro atoms. The van der Waals surface area contributed by atoms with Gasteiger partial charge in [0.25, 0.3) is 0 Å². The highest BCUT2D eigenvalue weighted by Gasteiger charge is 2.05. The zero-order valence-electron chi connectivity index (χ0n) is 10.2. The molecule has 1 aromatic carbocycles. The van der Waals surface area contributed by atoms with Crippen LogP contribution in [0.15, 0.2) is 30.3 Å². The first-order valence-corrected chi connectivity index (χ1v) is 6.12. The molecule has 0 saturated heterocycles. The van der Waals surface area contributed by atoms with Gasteiger partial charge in [0.1, 0.15) is 0 Å². The van der Waals surface area contributed by atoms with Crippen LogP contribution < -0.4 is 0 Å². The maximum absolute atomic E-state index is 3.48. The summed E-state index contributed by atoms with van der Waals surface area (Å²) in [4.78, 5) is 5.94. The molecule has 0 saturated carbocycles. The average Bonchev–Trinajstić information content (AvgIpc) is 2.70. The molecule has 0 aliphatic rings. The largest absolute Gasteiger partial charge is 0.357 e. The SMILES string of the molecule is CCCN(CC)Cc1cc2ccccc2[nH]1. The summed E-state index contributed by atoms with van der Waals surface area (Å²) in [6.07, 6.45) is 1.22. The number of nitrogens with zero attached hydrogens (tertiary/aromatic N) is 1. The fourth-order valence-electron chi connectivity index (χ4n) is 2.12. The molecular weight excluding hydrogens is 196 g/mol. The highest BCUT2D eigenvalue weighted by molar-refractivity contribution is 5.80. The van der Waals surface area contributed by atoms with Crippen LogP contribution in [-0.4, -0.2) is 23.0 Å². The van der Waals surface area contributed by atoms with Crippen molar-refractivity contribution >= 4 is 10.9 Å². The predicted octanol–water partition coefficient (Wildman–Crippen LogP) is 3.40. The first kappa shape index (κ1) is 11.2. The zero-order valence-corrected chi connectivity index (χ0v) is 10.2. The highest BCUT2D eigenvalue weighted by Crippen LogP contribution is 2.15. The lowest BCUT2D eigenvalue weighted by Gasteiger charge is -2.18. The topological polar surface area (TPSA) is 19.0 Å². The van der Waals surface area contributed by atoms with Crippen LogP contribution in [0, 0.1) is 0 Å². The summed E-state index contributed by atoms with van der Waals surface area (Å²) >= 11 is 0. The molecule has 0 aliphatic carbocycles. The Bertz CT molecular complexity index is 412. The zero-order chi connectivity index (χ0) is 11.4. The Labute approximate surface area is 97.3 Å².